The second-order valence-corrected chi connectivity index (χ2v) is 7.47. The standard InChI is InChI=1S/C16H19N3O3S/c1-12-6-3-4-8-15(12)23(21,22)17-10-13-11-19-9-5-7-14(19)16(20)18(13)2/h3-9,13,17H,10-11H2,1-2H3. The van der Waals surface area contributed by atoms with Gasteiger partial charge in [0, 0.05) is 26.3 Å². The molecule has 0 saturated carbocycles. The van der Waals surface area contributed by atoms with E-state index >= 15 is 0 Å². The molecule has 1 aromatic carbocycles. The van der Waals surface area contributed by atoms with Crippen molar-refractivity contribution in [2.45, 2.75) is 24.4 Å². The van der Waals surface area contributed by atoms with Crippen molar-refractivity contribution in [3.63, 3.8) is 0 Å². The summed E-state index contributed by atoms with van der Waals surface area (Å²) in [5, 5.41) is 0. The number of hydrogen-bond acceptors (Lipinski definition) is 3. The van der Waals surface area contributed by atoms with Crippen LogP contribution in [0, 0.1) is 6.92 Å². The van der Waals surface area contributed by atoms with Crippen molar-refractivity contribution in [3.8, 4) is 0 Å². The van der Waals surface area contributed by atoms with Crippen LogP contribution >= 0.6 is 0 Å². The molecule has 2 heterocycles. The molecule has 7 heteroatoms. The van der Waals surface area contributed by atoms with Gasteiger partial charge in [-0.05, 0) is 30.7 Å². The molecule has 6 nitrogen and oxygen atoms in total. The summed E-state index contributed by atoms with van der Waals surface area (Å²) in [6.45, 7) is 2.51. The van der Waals surface area contributed by atoms with E-state index in [1.54, 1.807) is 49.2 Å². The summed E-state index contributed by atoms with van der Waals surface area (Å²) < 4.78 is 29.4. The highest BCUT2D eigenvalue weighted by molar-refractivity contribution is 7.89. The minimum Gasteiger partial charge on any atom is -0.341 e. The zero-order valence-corrected chi connectivity index (χ0v) is 13.9. The van der Waals surface area contributed by atoms with Crippen molar-refractivity contribution >= 4 is 15.9 Å². The molecule has 0 bridgehead atoms. The molecule has 23 heavy (non-hydrogen) atoms. The minimum atomic E-state index is -3.59. The first kappa shape index (κ1) is 15.8. The van der Waals surface area contributed by atoms with Crippen LogP contribution in [0.3, 0.4) is 0 Å². The fourth-order valence-electron chi connectivity index (χ4n) is 2.81. The lowest BCUT2D eigenvalue weighted by Crippen LogP contribution is -2.50. The number of nitrogens with zero attached hydrogens (tertiary/aromatic N) is 2. The zero-order valence-electron chi connectivity index (χ0n) is 13.1. The number of aromatic nitrogens is 1. The van der Waals surface area contributed by atoms with Gasteiger partial charge in [0.2, 0.25) is 10.0 Å². The Morgan fingerprint density at radius 3 is 2.70 bits per heavy atom. The van der Waals surface area contributed by atoms with Gasteiger partial charge in [-0.2, -0.15) is 0 Å². The first-order valence-electron chi connectivity index (χ1n) is 7.38. The maximum Gasteiger partial charge on any atom is 0.270 e. The molecular formula is C16H19N3O3S. The highest BCUT2D eigenvalue weighted by atomic mass is 32.2. The Morgan fingerprint density at radius 2 is 1.96 bits per heavy atom. The number of benzene rings is 1. The van der Waals surface area contributed by atoms with E-state index in [-0.39, 0.29) is 23.4 Å². The Kier molecular flexibility index (Phi) is 3.99. The first-order valence-corrected chi connectivity index (χ1v) is 8.86. The van der Waals surface area contributed by atoms with Gasteiger partial charge in [-0.1, -0.05) is 18.2 Å². The molecule has 3 rings (SSSR count). The fourth-order valence-corrected chi connectivity index (χ4v) is 4.12. The van der Waals surface area contributed by atoms with Gasteiger partial charge < -0.3 is 9.47 Å². The third kappa shape index (κ3) is 2.89. The topological polar surface area (TPSA) is 71.4 Å². The summed E-state index contributed by atoms with van der Waals surface area (Å²) in [5.41, 5.74) is 1.33. The third-order valence-corrected chi connectivity index (χ3v) is 5.80. The van der Waals surface area contributed by atoms with Crippen LogP contribution in [0.25, 0.3) is 0 Å². The van der Waals surface area contributed by atoms with Gasteiger partial charge in [-0.15, -0.1) is 0 Å². The van der Waals surface area contributed by atoms with Crippen LogP contribution in [0.15, 0.2) is 47.5 Å². The summed E-state index contributed by atoms with van der Waals surface area (Å²) in [4.78, 5) is 14.1. The number of carbonyl (C=O) groups is 1. The number of rotatable bonds is 4. The molecule has 1 N–H and O–H groups in total. The predicted molar refractivity (Wildman–Crippen MR) is 86.7 cm³/mol. The van der Waals surface area contributed by atoms with Crippen molar-refractivity contribution in [1.82, 2.24) is 14.2 Å². The molecule has 0 fully saturated rings. The van der Waals surface area contributed by atoms with Gasteiger partial charge in [0.05, 0.1) is 10.9 Å². The molecule has 0 radical (unpaired) electrons. The van der Waals surface area contributed by atoms with Crippen LogP contribution in [-0.2, 0) is 16.6 Å². The van der Waals surface area contributed by atoms with E-state index in [0.717, 1.165) is 0 Å². The molecule has 1 unspecified atom stereocenters. The van der Waals surface area contributed by atoms with Crippen molar-refractivity contribution in [1.29, 1.82) is 0 Å². The van der Waals surface area contributed by atoms with Crippen molar-refractivity contribution < 1.29 is 13.2 Å². The highest BCUT2D eigenvalue weighted by Gasteiger charge is 2.30. The second-order valence-electron chi connectivity index (χ2n) is 5.73. The Balaban J connectivity index is 1.76. The summed E-state index contributed by atoms with van der Waals surface area (Å²) in [5.74, 6) is -0.0960. The normalized spacial score (nSPS) is 18.1. The smallest absolute Gasteiger partial charge is 0.270 e. The number of sulfonamides is 1. The molecule has 2 aromatic rings. The van der Waals surface area contributed by atoms with E-state index in [9.17, 15) is 13.2 Å². The van der Waals surface area contributed by atoms with Crippen LogP contribution in [-0.4, -0.2) is 43.4 Å². The van der Waals surface area contributed by atoms with Gasteiger partial charge in [-0.25, -0.2) is 13.1 Å². The molecule has 1 atom stereocenters. The fraction of sp³-hybridized carbons (Fsp3) is 0.312. The summed E-state index contributed by atoms with van der Waals surface area (Å²) >= 11 is 0. The Bertz CT molecular complexity index is 842. The minimum absolute atomic E-state index is 0.0960. The first-order chi connectivity index (χ1) is 10.9. The summed E-state index contributed by atoms with van der Waals surface area (Å²) in [6, 6.07) is 10.2. The van der Waals surface area contributed by atoms with Gasteiger partial charge in [-0.3, -0.25) is 4.79 Å². The zero-order chi connectivity index (χ0) is 16.6. The number of carbonyl (C=O) groups excluding carboxylic acids is 1. The number of fused-ring (bicyclic) bond motifs is 1. The molecule has 122 valence electrons. The average Bonchev–Trinajstić information content (AvgIpc) is 2.98. The average molecular weight is 333 g/mol. The lowest BCUT2D eigenvalue weighted by molar-refractivity contribution is 0.0661. The third-order valence-electron chi connectivity index (χ3n) is 4.22. The van der Waals surface area contributed by atoms with Crippen LogP contribution < -0.4 is 4.72 Å². The van der Waals surface area contributed by atoms with Gasteiger partial charge >= 0.3 is 0 Å². The molecule has 1 aromatic heterocycles. The summed E-state index contributed by atoms with van der Waals surface area (Å²) in [7, 11) is -1.89. The van der Waals surface area contributed by atoms with Gasteiger partial charge in [0.25, 0.3) is 5.91 Å². The largest absolute Gasteiger partial charge is 0.341 e. The van der Waals surface area contributed by atoms with E-state index in [0.29, 0.717) is 17.8 Å². The van der Waals surface area contributed by atoms with Crippen LogP contribution in [0.5, 0.6) is 0 Å². The van der Waals surface area contributed by atoms with Gasteiger partial charge in [0.1, 0.15) is 5.69 Å². The highest BCUT2D eigenvalue weighted by Crippen LogP contribution is 2.18. The Labute approximate surface area is 135 Å². The molecule has 0 aliphatic carbocycles. The number of amides is 1. The number of hydrogen-bond donors (Lipinski definition) is 1. The van der Waals surface area contributed by atoms with Gasteiger partial charge in [0.15, 0.2) is 0 Å². The lowest BCUT2D eigenvalue weighted by atomic mass is 10.2. The number of likely N-dealkylation sites (N-methyl/N-ethyl adjacent to an activating group) is 1. The monoisotopic (exact) mass is 333 g/mol. The van der Waals surface area contributed by atoms with E-state index in [2.05, 4.69) is 4.72 Å². The van der Waals surface area contributed by atoms with Crippen LogP contribution in [0.4, 0.5) is 0 Å². The lowest BCUT2D eigenvalue weighted by Gasteiger charge is -2.33. The number of aryl methyl sites for hydroxylation is 1. The maximum absolute atomic E-state index is 12.5. The molecule has 1 amide bonds. The summed E-state index contributed by atoms with van der Waals surface area (Å²) in [6.07, 6.45) is 1.84. The van der Waals surface area contributed by atoms with Crippen LogP contribution in [0.1, 0.15) is 16.1 Å². The Hall–Kier alpha value is -2.12. The SMILES string of the molecule is Cc1ccccc1S(=O)(=O)NCC1Cn2cccc2C(=O)N1C. The second kappa shape index (κ2) is 5.82. The van der Waals surface area contributed by atoms with E-state index in [1.807, 2.05) is 16.8 Å². The van der Waals surface area contributed by atoms with Crippen molar-refractivity contribution in [2.24, 2.45) is 0 Å². The van der Waals surface area contributed by atoms with E-state index in [1.165, 1.54) is 0 Å². The predicted octanol–water partition coefficient (Wildman–Crippen LogP) is 1.23. The molecular weight excluding hydrogens is 314 g/mol. The molecule has 1 aliphatic heterocycles. The maximum atomic E-state index is 12.5. The quantitative estimate of drug-likeness (QED) is 0.915. The molecule has 0 spiro atoms. The van der Waals surface area contributed by atoms with Crippen LogP contribution in [0.2, 0.25) is 0 Å². The van der Waals surface area contributed by atoms with E-state index in [4.69, 9.17) is 0 Å². The Morgan fingerprint density at radius 1 is 1.22 bits per heavy atom. The van der Waals surface area contributed by atoms with Crippen molar-refractivity contribution in [3.05, 3.63) is 53.9 Å². The molecule has 1 aliphatic rings. The molecule has 0 saturated heterocycles. The van der Waals surface area contributed by atoms with Crippen molar-refractivity contribution in [2.75, 3.05) is 13.6 Å². The van der Waals surface area contributed by atoms with E-state index < -0.39 is 10.0 Å². The number of nitrogens with one attached hydrogen (secondary N) is 1.